The largest absolute Gasteiger partial charge is 0.386 e. The fourth-order valence-corrected chi connectivity index (χ4v) is 1.56. The Morgan fingerprint density at radius 1 is 1.50 bits per heavy atom. The number of aliphatic hydroxyl groups excluding tert-OH is 1. The summed E-state index contributed by atoms with van der Waals surface area (Å²) in [6.07, 6.45) is -0.521. The molecule has 1 aliphatic rings. The Morgan fingerprint density at radius 3 is 3.17 bits per heavy atom. The van der Waals surface area contributed by atoms with Gasteiger partial charge < -0.3 is 9.84 Å². The average Bonchev–Trinajstić information content (AvgIpc) is 2.07. The van der Waals surface area contributed by atoms with Crippen molar-refractivity contribution in [1.82, 2.24) is 0 Å². The van der Waals surface area contributed by atoms with Gasteiger partial charge in [-0.3, -0.25) is 0 Å². The van der Waals surface area contributed by atoms with Crippen LogP contribution in [-0.4, -0.2) is 11.7 Å². The van der Waals surface area contributed by atoms with Crippen molar-refractivity contribution in [3.8, 4) is 0 Å². The van der Waals surface area contributed by atoms with E-state index >= 15 is 0 Å². The smallest absolute Gasteiger partial charge is 0.103 e. The molecule has 0 bridgehead atoms. The quantitative estimate of drug-likeness (QED) is 0.668. The number of ether oxygens (including phenoxy) is 1. The summed E-state index contributed by atoms with van der Waals surface area (Å²) >= 11 is 5.79. The van der Waals surface area contributed by atoms with Gasteiger partial charge in [-0.2, -0.15) is 0 Å². The van der Waals surface area contributed by atoms with Gasteiger partial charge in [-0.25, -0.2) is 0 Å². The van der Waals surface area contributed by atoms with E-state index in [4.69, 9.17) is 16.3 Å². The molecule has 2 rings (SSSR count). The Labute approximate surface area is 75.7 Å². The molecule has 0 fully saturated rings. The average molecular weight is 185 g/mol. The van der Waals surface area contributed by atoms with Crippen molar-refractivity contribution in [1.29, 1.82) is 0 Å². The van der Waals surface area contributed by atoms with Crippen LogP contribution in [0.25, 0.3) is 0 Å². The highest BCUT2D eigenvalue weighted by atomic mass is 35.5. The Bertz CT molecular complexity index is 299. The zero-order valence-corrected chi connectivity index (χ0v) is 7.21. The van der Waals surface area contributed by atoms with Crippen molar-refractivity contribution in [2.45, 2.75) is 12.7 Å². The first kappa shape index (κ1) is 8.05. The monoisotopic (exact) mass is 184 g/mol. The zero-order chi connectivity index (χ0) is 8.55. The van der Waals surface area contributed by atoms with Crippen LogP contribution in [0.3, 0.4) is 0 Å². The zero-order valence-electron chi connectivity index (χ0n) is 6.46. The summed E-state index contributed by atoms with van der Waals surface area (Å²) in [5.74, 6) is 0. The summed E-state index contributed by atoms with van der Waals surface area (Å²) in [5.41, 5.74) is 1.92. The van der Waals surface area contributed by atoms with E-state index in [1.165, 1.54) is 0 Å². The second-order valence-corrected chi connectivity index (χ2v) is 3.31. The molecule has 0 radical (unpaired) electrons. The molecule has 1 atom stereocenters. The number of aliphatic hydroxyl groups is 1. The first-order chi connectivity index (χ1) is 5.77. The lowest BCUT2D eigenvalue weighted by molar-refractivity contribution is 0.00981. The topological polar surface area (TPSA) is 29.5 Å². The summed E-state index contributed by atoms with van der Waals surface area (Å²) in [7, 11) is 0. The third-order valence-corrected chi connectivity index (χ3v) is 2.24. The van der Waals surface area contributed by atoms with Crippen molar-refractivity contribution >= 4 is 11.6 Å². The van der Waals surface area contributed by atoms with E-state index in [1.807, 2.05) is 12.1 Å². The molecule has 1 N–H and O–H groups in total. The van der Waals surface area contributed by atoms with Crippen LogP contribution in [-0.2, 0) is 11.3 Å². The second kappa shape index (κ2) is 3.05. The van der Waals surface area contributed by atoms with Crippen LogP contribution in [0, 0.1) is 0 Å². The van der Waals surface area contributed by atoms with Crippen molar-refractivity contribution in [2.24, 2.45) is 0 Å². The van der Waals surface area contributed by atoms with Crippen molar-refractivity contribution < 1.29 is 9.84 Å². The van der Waals surface area contributed by atoms with Crippen molar-refractivity contribution in [2.75, 3.05) is 6.61 Å². The molecular formula is C9H9ClO2. The molecule has 1 heterocycles. The summed E-state index contributed by atoms with van der Waals surface area (Å²) in [6.45, 7) is 0.941. The van der Waals surface area contributed by atoms with Crippen LogP contribution in [0.1, 0.15) is 17.2 Å². The van der Waals surface area contributed by atoms with Gasteiger partial charge in [0.15, 0.2) is 0 Å². The summed E-state index contributed by atoms with van der Waals surface area (Å²) in [5, 5.41) is 10.2. The lowest BCUT2D eigenvalue weighted by atomic mass is 10.0. The molecule has 1 aliphatic heterocycles. The summed E-state index contributed by atoms with van der Waals surface area (Å²) < 4.78 is 5.15. The SMILES string of the molecule is OC1COCc2ccc(Cl)cc21. The van der Waals surface area contributed by atoms with E-state index in [0.29, 0.717) is 18.2 Å². The number of hydrogen-bond donors (Lipinski definition) is 1. The third-order valence-electron chi connectivity index (χ3n) is 2.00. The van der Waals surface area contributed by atoms with Crippen LogP contribution in [0.15, 0.2) is 18.2 Å². The minimum atomic E-state index is -0.521. The maximum atomic E-state index is 9.50. The second-order valence-electron chi connectivity index (χ2n) is 2.87. The Kier molecular flexibility index (Phi) is 2.05. The molecule has 64 valence electrons. The van der Waals surface area contributed by atoms with Crippen molar-refractivity contribution in [3.05, 3.63) is 34.3 Å². The van der Waals surface area contributed by atoms with Gasteiger partial charge in [0, 0.05) is 5.02 Å². The van der Waals surface area contributed by atoms with Gasteiger partial charge >= 0.3 is 0 Å². The predicted octanol–water partition coefficient (Wildman–Crippen LogP) is 1.90. The maximum Gasteiger partial charge on any atom is 0.103 e. The molecule has 3 heteroatoms. The lowest BCUT2D eigenvalue weighted by Crippen LogP contribution is -2.15. The van der Waals surface area contributed by atoms with Crippen LogP contribution in [0.2, 0.25) is 5.02 Å². The molecule has 1 aromatic rings. The summed E-state index contributed by atoms with van der Waals surface area (Å²) in [4.78, 5) is 0. The highest BCUT2D eigenvalue weighted by molar-refractivity contribution is 6.30. The standard InChI is InChI=1S/C9H9ClO2/c10-7-2-1-6-4-12-5-9(11)8(6)3-7/h1-3,9,11H,4-5H2. The molecule has 0 amide bonds. The molecule has 0 spiro atoms. The van der Waals surface area contributed by atoms with E-state index < -0.39 is 6.10 Å². The van der Waals surface area contributed by atoms with Gasteiger partial charge in [0.25, 0.3) is 0 Å². The Hall–Kier alpha value is -0.570. The van der Waals surface area contributed by atoms with Gasteiger partial charge in [-0.1, -0.05) is 17.7 Å². The van der Waals surface area contributed by atoms with E-state index in [-0.39, 0.29) is 0 Å². The highest BCUT2D eigenvalue weighted by Crippen LogP contribution is 2.26. The fraction of sp³-hybridized carbons (Fsp3) is 0.333. The van der Waals surface area contributed by atoms with Crippen LogP contribution in [0.4, 0.5) is 0 Å². The summed E-state index contributed by atoms with van der Waals surface area (Å²) in [6, 6.07) is 5.49. The molecular weight excluding hydrogens is 176 g/mol. The van der Waals surface area contributed by atoms with Gasteiger partial charge in [0.05, 0.1) is 13.2 Å². The van der Waals surface area contributed by atoms with Crippen molar-refractivity contribution in [3.63, 3.8) is 0 Å². The normalized spacial score (nSPS) is 22.0. The van der Waals surface area contributed by atoms with Gasteiger partial charge in [0.2, 0.25) is 0 Å². The molecule has 0 saturated carbocycles. The molecule has 0 aliphatic carbocycles. The van der Waals surface area contributed by atoms with E-state index in [0.717, 1.165) is 11.1 Å². The van der Waals surface area contributed by atoms with Crippen LogP contribution >= 0.6 is 11.6 Å². The van der Waals surface area contributed by atoms with E-state index in [1.54, 1.807) is 6.07 Å². The number of fused-ring (bicyclic) bond motifs is 1. The minimum Gasteiger partial charge on any atom is -0.386 e. The number of halogens is 1. The number of rotatable bonds is 0. The molecule has 2 nitrogen and oxygen atoms in total. The Morgan fingerprint density at radius 2 is 2.33 bits per heavy atom. The first-order valence-electron chi connectivity index (χ1n) is 3.81. The molecule has 12 heavy (non-hydrogen) atoms. The highest BCUT2D eigenvalue weighted by Gasteiger charge is 2.17. The number of benzene rings is 1. The molecule has 1 aromatic carbocycles. The maximum absolute atomic E-state index is 9.50. The molecule has 0 saturated heterocycles. The number of hydrogen-bond acceptors (Lipinski definition) is 2. The first-order valence-corrected chi connectivity index (χ1v) is 4.19. The Balaban J connectivity index is 2.47. The van der Waals surface area contributed by atoms with Gasteiger partial charge in [0.1, 0.15) is 6.10 Å². The van der Waals surface area contributed by atoms with Gasteiger partial charge in [-0.05, 0) is 23.3 Å². The van der Waals surface area contributed by atoms with Crippen LogP contribution in [0.5, 0.6) is 0 Å². The van der Waals surface area contributed by atoms with Crippen LogP contribution < -0.4 is 0 Å². The minimum absolute atomic E-state index is 0.368. The van der Waals surface area contributed by atoms with E-state index in [9.17, 15) is 5.11 Å². The molecule has 0 aromatic heterocycles. The van der Waals surface area contributed by atoms with Gasteiger partial charge in [-0.15, -0.1) is 0 Å². The lowest BCUT2D eigenvalue weighted by Gasteiger charge is -2.21. The van der Waals surface area contributed by atoms with E-state index in [2.05, 4.69) is 0 Å². The third kappa shape index (κ3) is 1.33. The fourth-order valence-electron chi connectivity index (χ4n) is 1.38. The molecule has 1 unspecified atom stereocenters. The predicted molar refractivity (Wildman–Crippen MR) is 46.1 cm³/mol.